The van der Waals surface area contributed by atoms with Crippen molar-refractivity contribution in [3.8, 4) is 5.75 Å². The molecule has 0 unspecified atom stereocenters. The van der Waals surface area contributed by atoms with Gasteiger partial charge < -0.3 is 10.1 Å². The number of rotatable bonds is 6. The molecule has 0 saturated heterocycles. The average molecular weight is 301 g/mol. The van der Waals surface area contributed by atoms with Gasteiger partial charge in [-0.1, -0.05) is 12.1 Å². The number of carbonyl (C=O) groups is 1. The van der Waals surface area contributed by atoms with Crippen LogP contribution in [-0.2, 0) is 6.42 Å². The molecule has 0 atom stereocenters. The fraction of sp³-hybridized carbons (Fsp3) is 0.278. The highest BCUT2D eigenvalue weighted by atomic mass is 19.1. The maximum atomic E-state index is 12.8. The van der Waals surface area contributed by atoms with Crippen molar-refractivity contribution in [1.29, 1.82) is 0 Å². The zero-order valence-corrected chi connectivity index (χ0v) is 12.8. The number of carbonyl (C=O) groups excluding carboxylic acids is 1. The highest BCUT2D eigenvalue weighted by Gasteiger charge is 2.05. The molecule has 1 amide bonds. The number of ether oxygens (including phenoxy) is 1. The number of amides is 1. The predicted octanol–water partition coefficient (Wildman–Crippen LogP) is 3.59. The summed E-state index contributed by atoms with van der Waals surface area (Å²) >= 11 is 0. The normalized spacial score (nSPS) is 10.5. The highest BCUT2D eigenvalue weighted by Crippen LogP contribution is 2.14. The van der Waals surface area contributed by atoms with Crippen molar-refractivity contribution in [1.82, 2.24) is 5.32 Å². The lowest BCUT2D eigenvalue weighted by Gasteiger charge is -2.10. The van der Waals surface area contributed by atoms with Gasteiger partial charge in [0.15, 0.2) is 0 Å². The molecule has 22 heavy (non-hydrogen) atoms. The summed E-state index contributed by atoms with van der Waals surface area (Å²) < 4.78 is 18.4. The molecule has 0 radical (unpaired) electrons. The fourth-order valence-corrected chi connectivity index (χ4v) is 2.03. The zero-order chi connectivity index (χ0) is 15.9. The summed E-state index contributed by atoms with van der Waals surface area (Å²) in [5, 5.41) is 2.82. The Morgan fingerprint density at radius 1 is 1.09 bits per heavy atom. The van der Waals surface area contributed by atoms with Crippen molar-refractivity contribution in [2.45, 2.75) is 26.4 Å². The maximum Gasteiger partial charge on any atom is 0.251 e. The Morgan fingerprint density at radius 3 is 2.32 bits per heavy atom. The van der Waals surface area contributed by atoms with Gasteiger partial charge in [-0.2, -0.15) is 0 Å². The lowest BCUT2D eigenvalue weighted by Crippen LogP contribution is -2.25. The van der Waals surface area contributed by atoms with Crippen LogP contribution in [0.2, 0.25) is 0 Å². The standard InChI is InChI=1S/C18H20FNO2/c1-13(2)22-17-9-3-14(4-10-17)11-12-20-18(21)15-5-7-16(19)8-6-15/h3-10,13H,11-12H2,1-2H3,(H,20,21). The first-order chi connectivity index (χ1) is 10.5. The van der Waals surface area contributed by atoms with E-state index in [-0.39, 0.29) is 17.8 Å². The second-order valence-corrected chi connectivity index (χ2v) is 5.32. The van der Waals surface area contributed by atoms with Crippen molar-refractivity contribution in [2.75, 3.05) is 6.54 Å². The SMILES string of the molecule is CC(C)Oc1ccc(CCNC(=O)c2ccc(F)cc2)cc1. The molecule has 3 nitrogen and oxygen atoms in total. The highest BCUT2D eigenvalue weighted by molar-refractivity contribution is 5.94. The summed E-state index contributed by atoms with van der Waals surface area (Å²) in [6.45, 7) is 4.50. The van der Waals surface area contributed by atoms with Gasteiger partial charge in [0.25, 0.3) is 5.91 Å². The minimum atomic E-state index is -0.347. The second kappa shape index (κ2) is 7.59. The van der Waals surface area contributed by atoms with E-state index < -0.39 is 0 Å². The third kappa shape index (κ3) is 4.88. The van der Waals surface area contributed by atoms with Crippen LogP contribution in [0, 0.1) is 5.82 Å². The Kier molecular flexibility index (Phi) is 5.53. The molecular weight excluding hydrogens is 281 g/mol. The van der Waals surface area contributed by atoms with E-state index in [4.69, 9.17) is 4.74 Å². The summed E-state index contributed by atoms with van der Waals surface area (Å²) in [5.41, 5.74) is 1.58. The molecule has 0 aliphatic heterocycles. The van der Waals surface area contributed by atoms with Crippen molar-refractivity contribution in [3.05, 3.63) is 65.5 Å². The quantitative estimate of drug-likeness (QED) is 0.885. The summed E-state index contributed by atoms with van der Waals surface area (Å²) in [6, 6.07) is 13.3. The third-order valence-corrected chi connectivity index (χ3v) is 3.10. The minimum Gasteiger partial charge on any atom is -0.491 e. The van der Waals surface area contributed by atoms with Crippen LogP contribution in [0.25, 0.3) is 0 Å². The molecular formula is C18H20FNO2. The van der Waals surface area contributed by atoms with Gasteiger partial charge in [0.1, 0.15) is 11.6 Å². The van der Waals surface area contributed by atoms with E-state index >= 15 is 0 Å². The first-order valence-electron chi connectivity index (χ1n) is 7.34. The van der Waals surface area contributed by atoms with Crippen molar-refractivity contribution in [3.63, 3.8) is 0 Å². The number of hydrogen-bond donors (Lipinski definition) is 1. The molecule has 2 aromatic carbocycles. The van der Waals surface area contributed by atoms with E-state index in [1.165, 1.54) is 24.3 Å². The predicted molar refractivity (Wildman–Crippen MR) is 84.6 cm³/mol. The maximum absolute atomic E-state index is 12.8. The molecule has 0 heterocycles. The van der Waals surface area contributed by atoms with Crippen molar-refractivity contribution < 1.29 is 13.9 Å². The molecule has 116 valence electrons. The summed E-state index contributed by atoms with van der Waals surface area (Å²) in [5.74, 6) is 0.300. The Morgan fingerprint density at radius 2 is 1.73 bits per heavy atom. The molecule has 1 N–H and O–H groups in total. The van der Waals surface area contributed by atoms with E-state index in [1.54, 1.807) is 0 Å². The van der Waals surface area contributed by atoms with Crippen LogP contribution < -0.4 is 10.1 Å². The average Bonchev–Trinajstić information content (AvgIpc) is 2.49. The molecule has 0 aromatic heterocycles. The van der Waals surface area contributed by atoms with E-state index in [0.717, 1.165) is 17.7 Å². The number of halogens is 1. The molecule has 0 spiro atoms. The molecule has 0 bridgehead atoms. The molecule has 0 saturated carbocycles. The van der Waals surface area contributed by atoms with E-state index in [1.807, 2.05) is 38.1 Å². The van der Waals surface area contributed by atoms with Gasteiger partial charge in [-0.15, -0.1) is 0 Å². The number of benzene rings is 2. The van der Waals surface area contributed by atoms with Crippen LogP contribution in [0.4, 0.5) is 4.39 Å². The second-order valence-electron chi connectivity index (χ2n) is 5.32. The lowest BCUT2D eigenvalue weighted by molar-refractivity contribution is 0.0954. The Bertz CT molecular complexity index is 606. The Labute approximate surface area is 130 Å². The summed E-state index contributed by atoms with van der Waals surface area (Å²) in [6.07, 6.45) is 0.885. The molecule has 2 aromatic rings. The van der Waals surface area contributed by atoms with Crippen LogP contribution in [0.3, 0.4) is 0 Å². The molecule has 0 fully saturated rings. The van der Waals surface area contributed by atoms with Gasteiger partial charge in [-0.3, -0.25) is 4.79 Å². The fourth-order valence-electron chi connectivity index (χ4n) is 2.03. The third-order valence-electron chi connectivity index (χ3n) is 3.10. The van der Waals surface area contributed by atoms with Gasteiger partial charge in [0, 0.05) is 12.1 Å². The monoisotopic (exact) mass is 301 g/mol. The van der Waals surface area contributed by atoms with Crippen LogP contribution in [-0.4, -0.2) is 18.6 Å². The molecule has 0 aliphatic rings. The van der Waals surface area contributed by atoms with Gasteiger partial charge in [-0.25, -0.2) is 4.39 Å². The van der Waals surface area contributed by atoms with E-state index in [0.29, 0.717) is 12.1 Å². The Hall–Kier alpha value is -2.36. The van der Waals surface area contributed by atoms with Gasteiger partial charge in [0.2, 0.25) is 0 Å². The molecule has 4 heteroatoms. The summed E-state index contributed by atoms with van der Waals surface area (Å²) in [7, 11) is 0. The van der Waals surface area contributed by atoms with Gasteiger partial charge in [-0.05, 0) is 62.2 Å². The van der Waals surface area contributed by atoms with Gasteiger partial charge >= 0.3 is 0 Å². The Balaban J connectivity index is 1.80. The largest absolute Gasteiger partial charge is 0.491 e. The van der Waals surface area contributed by atoms with Crippen molar-refractivity contribution >= 4 is 5.91 Å². The van der Waals surface area contributed by atoms with E-state index in [2.05, 4.69) is 5.32 Å². The lowest BCUT2D eigenvalue weighted by atomic mass is 10.1. The topological polar surface area (TPSA) is 38.3 Å². The van der Waals surface area contributed by atoms with Crippen LogP contribution >= 0.6 is 0 Å². The van der Waals surface area contributed by atoms with E-state index in [9.17, 15) is 9.18 Å². The zero-order valence-electron chi connectivity index (χ0n) is 12.8. The smallest absolute Gasteiger partial charge is 0.251 e. The van der Waals surface area contributed by atoms with Crippen LogP contribution in [0.15, 0.2) is 48.5 Å². The minimum absolute atomic E-state index is 0.154. The number of hydrogen-bond acceptors (Lipinski definition) is 2. The summed E-state index contributed by atoms with van der Waals surface area (Å²) in [4.78, 5) is 11.9. The van der Waals surface area contributed by atoms with Crippen LogP contribution in [0.1, 0.15) is 29.8 Å². The molecule has 2 rings (SSSR count). The first-order valence-corrected chi connectivity index (χ1v) is 7.34. The van der Waals surface area contributed by atoms with Gasteiger partial charge in [0.05, 0.1) is 6.10 Å². The molecule has 0 aliphatic carbocycles. The van der Waals surface area contributed by atoms with Crippen molar-refractivity contribution in [2.24, 2.45) is 0 Å². The van der Waals surface area contributed by atoms with Crippen LogP contribution in [0.5, 0.6) is 5.75 Å². The number of nitrogens with one attached hydrogen (secondary N) is 1. The first kappa shape index (κ1) is 16.0.